The Kier molecular flexibility index (Phi) is 3.98. The monoisotopic (exact) mass is 330 g/mol. The van der Waals surface area contributed by atoms with Crippen LogP contribution in [-0.2, 0) is 0 Å². The fraction of sp³-hybridized carbons (Fsp3) is 0.133. The number of anilines is 1. The molecule has 23 heavy (non-hydrogen) atoms. The molecular weight excluding hydrogens is 316 g/mol. The SMILES string of the molecule is COc1cccc(NC(=O)Nn2c(C)nc3sccc3c2=O)c1. The summed E-state index contributed by atoms with van der Waals surface area (Å²) in [6, 6.07) is 8.07. The molecule has 0 atom stereocenters. The van der Waals surface area contributed by atoms with E-state index in [4.69, 9.17) is 4.74 Å². The molecule has 0 aliphatic carbocycles. The van der Waals surface area contributed by atoms with Crippen molar-refractivity contribution >= 4 is 33.3 Å². The van der Waals surface area contributed by atoms with Crippen LogP contribution in [0.1, 0.15) is 5.82 Å². The average molecular weight is 330 g/mol. The van der Waals surface area contributed by atoms with E-state index in [-0.39, 0.29) is 5.56 Å². The van der Waals surface area contributed by atoms with Gasteiger partial charge in [-0.2, -0.15) is 0 Å². The molecule has 7 nitrogen and oxygen atoms in total. The van der Waals surface area contributed by atoms with E-state index < -0.39 is 6.03 Å². The van der Waals surface area contributed by atoms with E-state index in [0.717, 1.165) is 4.68 Å². The lowest BCUT2D eigenvalue weighted by molar-refractivity contribution is 0.259. The number of ether oxygens (including phenoxy) is 1. The highest BCUT2D eigenvalue weighted by molar-refractivity contribution is 7.16. The van der Waals surface area contributed by atoms with Crippen molar-refractivity contribution in [2.45, 2.75) is 6.92 Å². The summed E-state index contributed by atoms with van der Waals surface area (Å²) in [5.74, 6) is 1.03. The third kappa shape index (κ3) is 3.02. The average Bonchev–Trinajstić information content (AvgIpc) is 3.00. The van der Waals surface area contributed by atoms with Crippen LogP contribution in [0.4, 0.5) is 10.5 Å². The van der Waals surface area contributed by atoms with Crippen molar-refractivity contribution in [1.29, 1.82) is 0 Å². The van der Waals surface area contributed by atoms with Gasteiger partial charge in [0, 0.05) is 11.8 Å². The molecule has 0 saturated heterocycles. The number of aryl methyl sites for hydroxylation is 1. The van der Waals surface area contributed by atoms with Gasteiger partial charge >= 0.3 is 6.03 Å². The van der Waals surface area contributed by atoms with Gasteiger partial charge in [0.15, 0.2) is 0 Å². The van der Waals surface area contributed by atoms with Crippen molar-refractivity contribution in [2.24, 2.45) is 0 Å². The molecule has 3 rings (SSSR count). The number of nitrogens with one attached hydrogen (secondary N) is 2. The first-order valence-electron chi connectivity index (χ1n) is 6.77. The molecule has 1 aromatic carbocycles. The number of rotatable bonds is 3. The molecule has 2 aromatic heterocycles. The topological polar surface area (TPSA) is 85.2 Å². The Morgan fingerprint density at radius 3 is 2.96 bits per heavy atom. The van der Waals surface area contributed by atoms with Crippen LogP contribution >= 0.6 is 11.3 Å². The molecule has 0 saturated carbocycles. The van der Waals surface area contributed by atoms with Crippen molar-refractivity contribution in [3.8, 4) is 5.75 Å². The number of hydrogen-bond acceptors (Lipinski definition) is 5. The van der Waals surface area contributed by atoms with Crippen molar-refractivity contribution in [3.05, 3.63) is 51.9 Å². The zero-order chi connectivity index (χ0) is 16.4. The number of thiophene rings is 1. The minimum atomic E-state index is -0.542. The normalized spacial score (nSPS) is 10.5. The van der Waals surface area contributed by atoms with Crippen LogP contribution in [0.5, 0.6) is 5.75 Å². The molecule has 2 heterocycles. The van der Waals surface area contributed by atoms with Gasteiger partial charge in [-0.3, -0.25) is 4.79 Å². The van der Waals surface area contributed by atoms with Gasteiger partial charge in [-0.1, -0.05) is 6.07 Å². The number of aromatic nitrogens is 2. The van der Waals surface area contributed by atoms with E-state index in [2.05, 4.69) is 15.7 Å². The minimum Gasteiger partial charge on any atom is -0.497 e. The van der Waals surface area contributed by atoms with E-state index in [1.54, 1.807) is 49.7 Å². The summed E-state index contributed by atoms with van der Waals surface area (Å²) >= 11 is 1.38. The standard InChI is InChI=1S/C15H14N4O3S/c1-9-16-13-12(6-7-23-13)14(20)19(9)18-15(21)17-10-4-3-5-11(8-10)22-2/h3-8H,1-2H3,(H2,17,18,21). The molecule has 0 aliphatic heterocycles. The minimum absolute atomic E-state index is 0.311. The highest BCUT2D eigenvalue weighted by Gasteiger charge is 2.11. The largest absolute Gasteiger partial charge is 0.497 e. The Morgan fingerprint density at radius 1 is 1.35 bits per heavy atom. The second kappa shape index (κ2) is 6.09. The maximum atomic E-state index is 12.4. The molecule has 0 fully saturated rings. The Labute approximate surface area is 135 Å². The second-order valence-corrected chi connectivity index (χ2v) is 5.63. The maximum absolute atomic E-state index is 12.4. The van der Waals surface area contributed by atoms with Gasteiger partial charge in [0.2, 0.25) is 0 Å². The number of fused-ring (bicyclic) bond motifs is 1. The molecule has 0 unspecified atom stereocenters. The summed E-state index contributed by atoms with van der Waals surface area (Å²) in [5.41, 5.74) is 2.74. The van der Waals surface area contributed by atoms with Gasteiger partial charge in [-0.15, -0.1) is 11.3 Å². The number of nitrogens with zero attached hydrogens (tertiary/aromatic N) is 2. The van der Waals surface area contributed by atoms with Crippen molar-refractivity contribution in [1.82, 2.24) is 9.66 Å². The third-order valence-corrected chi connectivity index (χ3v) is 4.01. The zero-order valence-corrected chi connectivity index (χ0v) is 13.3. The van der Waals surface area contributed by atoms with Crippen LogP contribution in [0.25, 0.3) is 10.2 Å². The smallest absolute Gasteiger partial charge is 0.338 e. The fourth-order valence-electron chi connectivity index (χ4n) is 2.11. The van der Waals surface area contributed by atoms with Gasteiger partial charge in [0.05, 0.1) is 12.5 Å². The molecule has 0 spiro atoms. The molecule has 0 radical (unpaired) electrons. The Hall–Kier alpha value is -2.87. The Balaban J connectivity index is 1.84. The summed E-state index contributed by atoms with van der Waals surface area (Å²) in [4.78, 5) is 29.4. The molecule has 2 amide bonds. The van der Waals surface area contributed by atoms with Crippen LogP contribution in [0.15, 0.2) is 40.5 Å². The molecule has 0 aliphatic rings. The number of carbonyl (C=O) groups excluding carboxylic acids is 1. The summed E-state index contributed by atoms with van der Waals surface area (Å²) in [6.07, 6.45) is 0. The molecule has 0 bridgehead atoms. The van der Waals surface area contributed by atoms with Crippen molar-refractivity contribution in [2.75, 3.05) is 17.9 Å². The molecule has 2 N–H and O–H groups in total. The summed E-state index contributed by atoms with van der Waals surface area (Å²) in [7, 11) is 1.55. The van der Waals surface area contributed by atoms with Crippen LogP contribution in [0, 0.1) is 6.92 Å². The first kappa shape index (κ1) is 15.0. The van der Waals surface area contributed by atoms with E-state index in [1.165, 1.54) is 11.3 Å². The lowest BCUT2D eigenvalue weighted by atomic mass is 10.3. The van der Waals surface area contributed by atoms with Gasteiger partial charge < -0.3 is 10.1 Å². The summed E-state index contributed by atoms with van der Waals surface area (Å²) in [5, 5.41) is 4.91. The summed E-state index contributed by atoms with van der Waals surface area (Å²) < 4.78 is 6.23. The van der Waals surface area contributed by atoms with E-state index in [0.29, 0.717) is 27.5 Å². The van der Waals surface area contributed by atoms with Crippen LogP contribution in [-0.4, -0.2) is 22.8 Å². The highest BCUT2D eigenvalue weighted by Crippen LogP contribution is 2.17. The molecule has 3 aromatic rings. The Morgan fingerprint density at radius 2 is 2.17 bits per heavy atom. The second-order valence-electron chi connectivity index (χ2n) is 4.74. The zero-order valence-electron chi connectivity index (χ0n) is 12.5. The first-order chi connectivity index (χ1) is 11.1. The van der Waals surface area contributed by atoms with Gasteiger partial charge in [-0.25, -0.2) is 19.9 Å². The van der Waals surface area contributed by atoms with E-state index in [9.17, 15) is 9.59 Å². The maximum Gasteiger partial charge on any atom is 0.338 e. The molecular formula is C15H14N4O3S. The van der Waals surface area contributed by atoms with E-state index >= 15 is 0 Å². The number of urea groups is 1. The van der Waals surface area contributed by atoms with Crippen LogP contribution in [0.2, 0.25) is 0 Å². The van der Waals surface area contributed by atoms with Gasteiger partial charge in [0.1, 0.15) is 16.4 Å². The molecule has 8 heteroatoms. The van der Waals surface area contributed by atoms with Crippen LogP contribution in [0.3, 0.4) is 0 Å². The quantitative estimate of drug-likeness (QED) is 0.773. The fourth-order valence-corrected chi connectivity index (χ4v) is 2.91. The number of amides is 2. The highest BCUT2D eigenvalue weighted by atomic mass is 32.1. The van der Waals surface area contributed by atoms with Crippen molar-refractivity contribution in [3.63, 3.8) is 0 Å². The first-order valence-corrected chi connectivity index (χ1v) is 7.65. The number of carbonyl (C=O) groups is 1. The lowest BCUT2D eigenvalue weighted by Gasteiger charge is -2.12. The molecule has 118 valence electrons. The number of methoxy groups -OCH3 is 1. The summed E-state index contributed by atoms with van der Waals surface area (Å²) in [6.45, 7) is 1.66. The van der Waals surface area contributed by atoms with Gasteiger partial charge in [0.25, 0.3) is 5.56 Å². The van der Waals surface area contributed by atoms with E-state index in [1.807, 2.05) is 0 Å². The van der Waals surface area contributed by atoms with Crippen LogP contribution < -0.4 is 21.0 Å². The van der Waals surface area contributed by atoms with Gasteiger partial charge in [-0.05, 0) is 30.5 Å². The third-order valence-electron chi connectivity index (χ3n) is 3.21. The van der Waals surface area contributed by atoms with Crippen molar-refractivity contribution < 1.29 is 9.53 Å². The lowest BCUT2D eigenvalue weighted by Crippen LogP contribution is -2.37. The number of hydrogen-bond donors (Lipinski definition) is 2. The Bertz CT molecular complexity index is 932. The number of benzene rings is 1. The predicted molar refractivity (Wildman–Crippen MR) is 90.0 cm³/mol. The predicted octanol–water partition coefficient (Wildman–Crippen LogP) is 2.55.